The second-order valence-electron chi connectivity index (χ2n) is 3.71. The number of amides is 1. The highest BCUT2D eigenvalue weighted by atomic mass is 32.1. The lowest BCUT2D eigenvalue weighted by atomic mass is 10.3. The third-order valence-corrected chi connectivity index (χ3v) is 3.42. The average Bonchev–Trinajstić information content (AvgIpc) is 2.98. The van der Waals surface area contributed by atoms with E-state index in [4.69, 9.17) is 0 Å². The first-order valence-electron chi connectivity index (χ1n) is 5.58. The van der Waals surface area contributed by atoms with Crippen molar-refractivity contribution in [3.63, 3.8) is 0 Å². The van der Waals surface area contributed by atoms with Crippen LogP contribution >= 0.6 is 11.3 Å². The molecule has 0 aliphatic carbocycles. The molecule has 1 amide bonds. The SMILES string of the molecule is CCNC(=O)C(C)n1ccnc1-c1cccs1. The molecule has 0 spiro atoms. The van der Waals surface area contributed by atoms with Gasteiger partial charge in [-0.3, -0.25) is 4.79 Å². The van der Waals surface area contributed by atoms with E-state index in [9.17, 15) is 4.79 Å². The Morgan fingerprint density at radius 3 is 3.12 bits per heavy atom. The molecule has 2 heterocycles. The van der Waals surface area contributed by atoms with E-state index in [1.54, 1.807) is 17.5 Å². The van der Waals surface area contributed by atoms with Gasteiger partial charge in [0.05, 0.1) is 4.88 Å². The Morgan fingerprint density at radius 2 is 2.47 bits per heavy atom. The minimum atomic E-state index is -0.241. The maximum atomic E-state index is 11.8. The van der Waals surface area contributed by atoms with Crippen LogP contribution < -0.4 is 5.32 Å². The molecule has 0 saturated heterocycles. The summed E-state index contributed by atoms with van der Waals surface area (Å²) in [7, 11) is 0. The molecule has 0 radical (unpaired) electrons. The number of likely N-dealkylation sites (N-methyl/N-ethyl adjacent to an activating group) is 1. The van der Waals surface area contributed by atoms with E-state index in [0.29, 0.717) is 6.54 Å². The number of carbonyl (C=O) groups excluding carboxylic acids is 1. The number of hydrogen-bond donors (Lipinski definition) is 1. The first kappa shape index (κ1) is 11.9. The maximum absolute atomic E-state index is 11.8. The van der Waals surface area contributed by atoms with Gasteiger partial charge in [-0.15, -0.1) is 11.3 Å². The second-order valence-corrected chi connectivity index (χ2v) is 4.65. The summed E-state index contributed by atoms with van der Waals surface area (Å²) < 4.78 is 1.90. The summed E-state index contributed by atoms with van der Waals surface area (Å²) >= 11 is 1.62. The highest BCUT2D eigenvalue weighted by Crippen LogP contribution is 2.25. The number of carbonyl (C=O) groups is 1. The van der Waals surface area contributed by atoms with Crippen LogP contribution in [0.2, 0.25) is 0 Å². The molecule has 17 heavy (non-hydrogen) atoms. The number of rotatable bonds is 4. The zero-order valence-corrected chi connectivity index (χ0v) is 10.7. The molecule has 0 bridgehead atoms. The molecule has 2 rings (SSSR count). The molecule has 2 aromatic rings. The molecule has 0 aromatic carbocycles. The summed E-state index contributed by atoms with van der Waals surface area (Å²) in [5.74, 6) is 0.863. The van der Waals surface area contributed by atoms with E-state index in [0.717, 1.165) is 10.7 Å². The first-order valence-corrected chi connectivity index (χ1v) is 6.46. The van der Waals surface area contributed by atoms with Gasteiger partial charge in [0.1, 0.15) is 6.04 Å². The van der Waals surface area contributed by atoms with Crippen LogP contribution in [0, 0.1) is 0 Å². The van der Waals surface area contributed by atoms with Gasteiger partial charge in [-0.1, -0.05) is 6.07 Å². The van der Waals surface area contributed by atoms with Crippen molar-refractivity contribution < 1.29 is 4.79 Å². The van der Waals surface area contributed by atoms with Gasteiger partial charge in [0.2, 0.25) is 5.91 Å². The summed E-state index contributed by atoms with van der Waals surface area (Å²) in [6.45, 7) is 4.44. The van der Waals surface area contributed by atoms with Crippen molar-refractivity contribution in [3.05, 3.63) is 29.9 Å². The Balaban J connectivity index is 2.28. The van der Waals surface area contributed by atoms with E-state index in [2.05, 4.69) is 10.3 Å². The van der Waals surface area contributed by atoms with Gasteiger partial charge in [0.15, 0.2) is 5.82 Å². The fourth-order valence-corrected chi connectivity index (χ4v) is 2.39. The van der Waals surface area contributed by atoms with Gasteiger partial charge >= 0.3 is 0 Å². The van der Waals surface area contributed by atoms with Crippen LogP contribution in [0.15, 0.2) is 29.9 Å². The number of nitrogens with one attached hydrogen (secondary N) is 1. The smallest absolute Gasteiger partial charge is 0.242 e. The zero-order valence-electron chi connectivity index (χ0n) is 9.88. The minimum absolute atomic E-state index is 0.0170. The molecule has 0 fully saturated rings. The van der Waals surface area contributed by atoms with Crippen molar-refractivity contribution >= 4 is 17.2 Å². The van der Waals surface area contributed by atoms with Gasteiger partial charge in [0, 0.05) is 18.9 Å². The molecular weight excluding hydrogens is 234 g/mol. The van der Waals surface area contributed by atoms with Gasteiger partial charge in [-0.25, -0.2) is 4.98 Å². The van der Waals surface area contributed by atoms with Crippen LogP contribution in [0.1, 0.15) is 19.9 Å². The van der Waals surface area contributed by atoms with Crippen molar-refractivity contribution in [2.75, 3.05) is 6.54 Å². The van der Waals surface area contributed by atoms with Gasteiger partial charge in [0.25, 0.3) is 0 Å². The lowest BCUT2D eigenvalue weighted by Gasteiger charge is -2.15. The van der Waals surface area contributed by atoms with Crippen molar-refractivity contribution in [3.8, 4) is 10.7 Å². The molecule has 0 saturated carbocycles. The van der Waals surface area contributed by atoms with Crippen LogP contribution in [-0.2, 0) is 4.79 Å². The Labute approximate surface area is 104 Å². The highest BCUT2D eigenvalue weighted by Gasteiger charge is 2.18. The normalized spacial score (nSPS) is 12.4. The number of imidazole rings is 1. The predicted octanol–water partition coefficient (Wildman–Crippen LogP) is 2.31. The van der Waals surface area contributed by atoms with Crippen LogP contribution in [0.4, 0.5) is 0 Å². The Hall–Kier alpha value is -1.62. The second kappa shape index (κ2) is 5.14. The van der Waals surface area contributed by atoms with Gasteiger partial charge in [-0.2, -0.15) is 0 Å². The highest BCUT2D eigenvalue weighted by molar-refractivity contribution is 7.13. The first-order chi connectivity index (χ1) is 8.24. The van der Waals surface area contributed by atoms with Crippen LogP contribution in [0.3, 0.4) is 0 Å². The maximum Gasteiger partial charge on any atom is 0.242 e. The lowest BCUT2D eigenvalue weighted by molar-refractivity contribution is -0.123. The molecule has 1 N–H and O–H groups in total. The number of nitrogens with zero attached hydrogens (tertiary/aromatic N) is 2. The summed E-state index contributed by atoms with van der Waals surface area (Å²) in [6, 6.07) is 3.75. The lowest BCUT2D eigenvalue weighted by Crippen LogP contribution is -2.30. The van der Waals surface area contributed by atoms with Crippen LogP contribution in [-0.4, -0.2) is 22.0 Å². The molecule has 1 atom stereocenters. The Morgan fingerprint density at radius 1 is 1.65 bits per heavy atom. The van der Waals surface area contributed by atoms with Crippen molar-refractivity contribution in [1.29, 1.82) is 0 Å². The molecule has 2 aromatic heterocycles. The monoisotopic (exact) mass is 249 g/mol. The fraction of sp³-hybridized carbons (Fsp3) is 0.333. The summed E-state index contributed by atoms with van der Waals surface area (Å²) in [4.78, 5) is 17.2. The summed E-state index contributed by atoms with van der Waals surface area (Å²) in [6.07, 6.45) is 3.57. The molecular formula is C12H15N3OS. The third kappa shape index (κ3) is 2.39. The average molecular weight is 249 g/mol. The molecule has 90 valence electrons. The van der Waals surface area contributed by atoms with Gasteiger partial charge < -0.3 is 9.88 Å². The van der Waals surface area contributed by atoms with Crippen molar-refractivity contribution in [1.82, 2.24) is 14.9 Å². The zero-order chi connectivity index (χ0) is 12.3. The van der Waals surface area contributed by atoms with Crippen molar-refractivity contribution in [2.45, 2.75) is 19.9 Å². The standard InChI is InChI=1S/C12H15N3OS/c1-3-13-12(16)9(2)15-7-6-14-11(15)10-5-4-8-17-10/h4-9H,3H2,1-2H3,(H,13,16). The van der Waals surface area contributed by atoms with Gasteiger partial charge in [-0.05, 0) is 25.3 Å². The largest absolute Gasteiger partial charge is 0.355 e. The quantitative estimate of drug-likeness (QED) is 0.903. The molecule has 0 aliphatic rings. The van der Waals surface area contributed by atoms with E-state index in [1.165, 1.54) is 0 Å². The van der Waals surface area contributed by atoms with E-state index >= 15 is 0 Å². The van der Waals surface area contributed by atoms with E-state index < -0.39 is 0 Å². The minimum Gasteiger partial charge on any atom is -0.355 e. The fourth-order valence-electron chi connectivity index (χ4n) is 1.67. The van der Waals surface area contributed by atoms with E-state index in [1.807, 2.05) is 42.1 Å². The summed E-state index contributed by atoms with van der Waals surface area (Å²) in [5.41, 5.74) is 0. The van der Waals surface area contributed by atoms with Crippen LogP contribution in [0.5, 0.6) is 0 Å². The predicted molar refractivity (Wildman–Crippen MR) is 68.9 cm³/mol. The Kier molecular flexibility index (Phi) is 3.58. The molecule has 5 heteroatoms. The summed E-state index contributed by atoms with van der Waals surface area (Å²) in [5, 5.41) is 4.83. The van der Waals surface area contributed by atoms with E-state index in [-0.39, 0.29) is 11.9 Å². The van der Waals surface area contributed by atoms with Crippen LogP contribution in [0.25, 0.3) is 10.7 Å². The number of thiophene rings is 1. The number of aromatic nitrogens is 2. The third-order valence-electron chi connectivity index (χ3n) is 2.56. The topological polar surface area (TPSA) is 46.9 Å². The molecule has 4 nitrogen and oxygen atoms in total. The molecule has 0 aliphatic heterocycles. The van der Waals surface area contributed by atoms with Crippen molar-refractivity contribution in [2.24, 2.45) is 0 Å². The Bertz CT molecular complexity index is 490. The molecule has 1 unspecified atom stereocenters. The number of hydrogen-bond acceptors (Lipinski definition) is 3.